The Hall–Kier alpha value is -2.00. The van der Waals surface area contributed by atoms with Gasteiger partial charge in [0.1, 0.15) is 0 Å². The van der Waals surface area contributed by atoms with Crippen LogP contribution in [0.5, 0.6) is 0 Å². The summed E-state index contributed by atoms with van der Waals surface area (Å²) in [7, 11) is 1.64. The molecule has 1 saturated heterocycles. The summed E-state index contributed by atoms with van der Waals surface area (Å²) >= 11 is 1.57. The van der Waals surface area contributed by atoms with E-state index < -0.39 is 12.1 Å². The van der Waals surface area contributed by atoms with Gasteiger partial charge in [0.2, 0.25) is 5.91 Å². The van der Waals surface area contributed by atoms with E-state index in [-0.39, 0.29) is 18.1 Å². The maximum Gasteiger partial charge on any atom is 0.318 e. The molecule has 2 N–H and O–H groups in total. The van der Waals surface area contributed by atoms with Crippen LogP contribution in [0.4, 0.5) is 4.79 Å². The van der Waals surface area contributed by atoms with Crippen molar-refractivity contribution in [2.45, 2.75) is 58.5 Å². The van der Waals surface area contributed by atoms with Gasteiger partial charge in [0.05, 0.1) is 29.7 Å². The first-order valence-corrected chi connectivity index (χ1v) is 10.1. The first kappa shape index (κ1) is 21.3. The number of amides is 3. The van der Waals surface area contributed by atoms with Crippen LogP contribution in [0.3, 0.4) is 0 Å². The molecule has 2 heterocycles. The summed E-state index contributed by atoms with van der Waals surface area (Å²) in [5.41, 5.74) is 3.60. The lowest BCUT2D eigenvalue weighted by Crippen LogP contribution is -2.49. The Balaban J connectivity index is 1.86. The van der Waals surface area contributed by atoms with Crippen LogP contribution < -0.4 is 10.7 Å². The summed E-state index contributed by atoms with van der Waals surface area (Å²) in [6, 6.07) is -1.24. The third kappa shape index (κ3) is 6.59. The molecule has 9 heteroatoms. The van der Waals surface area contributed by atoms with Gasteiger partial charge in [0.15, 0.2) is 5.78 Å². The quantitative estimate of drug-likeness (QED) is 0.701. The van der Waals surface area contributed by atoms with Crippen molar-refractivity contribution in [3.63, 3.8) is 0 Å². The van der Waals surface area contributed by atoms with Gasteiger partial charge in [-0.2, -0.15) is 0 Å². The zero-order chi connectivity index (χ0) is 20.0. The van der Waals surface area contributed by atoms with E-state index in [2.05, 4.69) is 29.6 Å². The Morgan fingerprint density at radius 3 is 2.52 bits per heavy atom. The molecule has 27 heavy (non-hydrogen) atoms. The highest BCUT2D eigenvalue weighted by atomic mass is 32.1. The molecule has 1 atom stereocenters. The van der Waals surface area contributed by atoms with Crippen LogP contribution in [0.1, 0.15) is 56.7 Å². The first-order valence-electron chi connectivity index (χ1n) is 9.27. The Morgan fingerprint density at radius 1 is 1.30 bits per heavy atom. The van der Waals surface area contributed by atoms with E-state index in [1.54, 1.807) is 18.4 Å². The number of urea groups is 1. The zero-order valence-corrected chi connectivity index (χ0v) is 17.3. The lowest BCUT2D eigenvalue weighted by atomic mass is 10.1. The molecular weight excluding hydrogens is 366 g/mol. The summed E-state index contributed by atoms with van der Waals surface area (Å²) in [4.78, 5) is 42.4. The van der Waals surface area contributed by atoms with E-state index in [1.165, 1.54) is 11.8 Å². The number of rotatable bonds is 8. The monoisotopic (exact) mass is 395 g/mol. The van der Waals surface area contributed by atoms with Gasteiger partial charge in [-0.3, -0.25) is 15.0 Å². The molecule has 1 aromatic heterocycles. The van der Waals surface area contributed by atoms with E-state index in [1.807, 2.05) is 10.4 Å². The van der Waals surface area contributed by atoms with Crippen LogP contribution in [0, 0.1) is 0 Å². The zero-order valence-electron chi connectivity index (χ0n) is 16.4. The Labute approximate surface area is 164 Å². The van der Waals surface area contributed by atoms with E-state index in [4.69, 9.17) is 0 Å². The molecule has 3 amide bonds. The lowest BCUT2D eigenvalue weighted by molar-refractivity contribution is -0.129. The third-order valence-corrected chi connectivity index (χ3v) is 5.57. The number of ketones is 1. The maximum atomic E-state index is 12.4. The van der Waals surface area contributed by atoms with Crippen LogP contribution in [0.2, 0.25) is 0 Å². The van der Waals surface area contributed by atoms with Crippen LogP contribution in [-0.4, -0.2) is 58.8 Å². The molecule has 1 aliphatic rings. The molecule has 2 rings (SSSR count). The molecule has 0 spiro atoms. The molecule has 8 nitrogen and oxygen atoms in total. The number of aromatic nitrogens is 1. The van der Waals surface area contributed by atoms with Crippen molar-refractivity contribution in [2.75, 3.05) is 20.1 Å². The molecule has 0 bridgehead atoms. The second-order valence-corrected chi connectivity index (χ2v) is 8.12. The highest BCUT2D eigenvalue weighted by Crippen LogP contribution is 2.19. The summed E-state index contributed by atoms with van der Waals surface area (Å²) in [5, 5.41) is 7.47. The number of carbonyl (C=O) groups excluding carboxylic acids is 3. The molecular formula is C18H29N5O3S. The third-order valence-electron chi connectivity index (χ3n) is 4.38. The molecule has 1 aromatic rings. The number of hydrogen-bond acceptors (Lipinski definition) is 6. The molecule has 0 radical (unpaired) electrons. The van der Waals surface area contributed by atoms with Crippen LogP contribution in [0.15, 0.2) is 5.38 Å². The fourth-order valence-electron chi connectivity index (χ4n) is 2.77. The fourth-order valence-corrected chi connectivity index (χ4v) is 3.59. The van der Waals surface area contributed by atoms with Crippen LogP contribution in [-0.2, 0) is 16.1 Å². The van der Waals surface area contributed by atoms with Crippen LogP contribution >= 0.6 is 11.3 Å². The van der Waals surface area contributed by atoms with Gasteiger partial charge in [-0.05, 0) is 19.8 Å². The lowest BCUT2D eigenvalue weighted by Gasteiger charge is -2.22. The van der Waals surface area contributed by atoms with Crippen molar-refractivity contribution in [2.24, 2.45) is 0 Å². The minimum atomic E-state index is -0.843. The Morgan fingerprint density at radius 2 is 1.96 bits per heavy atom. The SMILES string of the molecule is CC(=O)[C@H](CC(=O)NN1CCCC1)NC(=O)N(C)Cc1csc(C(C)C)n1. The summed E-state index contributed by atoms with van der Waals surface area (Å²) in [6.45, 7) is 7.51. The topological polar surface area (TPSA) is 94.6 Å². The number of nitrogens with one attached hydrogen (secondary N) is 2. The molecule has 0 saturated carbocycles. The first-order chi connectivity index (χ1) is 12.8. The van der Waals surface area contributed by atoms with Crippen molar-refractivity contribution in [3.05, 3.63) is 16.1 Å². The predicted molar refractivity (Wildman–Crippen MR) is 104 cm³/mol. The standard InChI is InChI=1S/C18H29N5O3S/c1-12(2)17-19-14(11-27-17)10-22(4)18(26)20-15(13(3)24)9-16(25)21-23-7-5-6-8-23/h11-12,15H,5-10H2,1-4H3,(H,20,26)(H,21,25)/t15-/m0/s1. The van der Waals surface area contributed by atoms with Gasteiger partial charge < -0.3 is 10.2 Å². The number of hydrazine groups is 1. The average molecular weight is 396 g/mol. The van der Waals surface area contributed by atoms with E-state index in [0.717, 1.165) is 36.6 Å². The van der Waals surface area contributed by atoms with Crippen molar-refractivity contribution >= 4 is 29.1 Å². The molecule has 0 aliphatic carbocycles. The number of nitrogens with zero attached hydrogens (tertiary/aromatic N) is 3. The number of Topliss-reactive ketones (excluding diaryl/α,β-unsaturated/α-hetero) is 1. The largest absolute Gasteiger partial charge is 0.328 e. The molecule has 150 valence electrons. The minimum absolute atomic E-state index is 0.0698. The molecule has 1 fully saturated rings. The highest BCUT2D eigenvalue weighted by Gasteiger charge is 2.24. The molecule has 1 aliphatic heterocycles. The molecule has 0 unspecified atom stereocenters. The van der Waals surface area contributed by atoms with E-state index in [9.17, 15) is 14.4 Å². The van der Waals surface area contributed by atoms with E-state index >= 15 is 0 Å². The van der Waals surface area contributed by atoms with Gasteiger partial charge >= 0.3 is 6.03 Å². The van der Waals surface area contributed by atoms with Crippen molar-refractivity contribution in [3.8, 4) is 0 Å². The van der Waals surface area contributed by atoms with E-state index in [0.29, 0.717) is 12.5 Å². The van der Waals surface area contributed by atoms with Gasteiger partial charge in [0.25, 0.3) is 0 Å². The fraction of sp³-hybridized carbons (Fsp3) is 0.667. The number of hydrogen-bond donors (Lipinski definition) is 2. The maximum absolute atomic E-state index is 12.4. The van der Waals surface area contributed by atoms with Gasteiger partial charge in [-0.25, -0.2) is 14.8 Å². The highest BCUT2D eigenvalue weighted by molar-refractivity contribution is 7.09. The average Bonchev–Trinajstić information content (AvgIpc) is 3.25. The smallest absolute Gasteiger partial charge is 0.318 e. The second-order valence-electron chi connectivity index (χ2n) is 7.23. The Kier molecular flexibility index (Phi) is 7.73. The summed E-state index contributed by atoms with van der Waals surface area (Å²) in [5.74, 6) is -0.163. The number of thiazole rings is 1. The summed E-state index contributed by atoms with van der Waals surface area (Å²) in [6.07, 6.45) is 2.03. The van der Waals surface area contributed by atoms with Crippen LogP contribution in [0.25, 0.3) is 0 Å². The van der Waals surface area contributed by atoms with Gasteiger partial charge in [-0.1, -0.05) is 13.8 Å². The number of carbonyl (C=O) groups is 3. The second kappa shape index (κ2) is 9.80. The minimum Gasteiger partial charge on any atom is -0.328 e. The summed E-state index contributed by atoms with van der Waals surface area (Å²) < 4.78 is 0. The molecule has 0 aromatic carbocycles. The van der Waals surface area contributed by atoms with Crippen molar-refractivity contribution in [1.82, 2.24) is 25.6 Å². The van der Waals surface area contributed by atoms with Gasteiger partial charge in [-0.15, -0.1) is 11.3 Å². The predicted octanol–water partition coefficient (Wildman–Crippen LogP) is 1.88. The normalized spacial score (nSPS) is 15.6. The van der Waals surface area contributed by atoms with Crippen molar-refractivity contribution in [1.29, 1.82) is 0 Å². The van der Waals surface area contributed by atoms with Crippen molar-refractivity contribution < 1.29 is 14.4 Å². The Bertz CT molecular complexity index is 670. The van der Waals surface area contributed by atoms with Gasteiger partial charge in [0, 0.05) is 31.4 Å².